The highest BCUT2D eigenvalue weighted by Crippen LogP contribution is 2.43. The fourth-order valence-electron chi connectivity index (χ4n) is 5.29. The summed E-state index contributed by atoms with van der Waals surface area (Å²) in [6.45, 7) is 4.10. The van der Waals surface area contributed by atoms with Crippen LogP contribution in [0.5, 0.6) is 0 Å². The minimum Gasteiger partial charge on any atom is -0.352 e. The van der Waals surface area contributed by atoms with Gasteiger partial charge in [-0.15, -0.1) is 0 Å². The monoisotopic (exact) mass is 368 g/mol. The van der Waals surface area contributed by atoms with Crippen LogP contribution in [0.15, 0.2) is 11.6 Å². The standard InChI is InChI=1S/C22H37ClO2/c1-2-3-4-18-15-24-22(25-16-18)21-11-9-20(10-12-21)19-7-5-17(6-8-19)13-14-23/h13-14,17-22H,2-12,15-16H2,1H3/b14-13+/t17-,18-,19-,20?,21?,22-. The number of rotatable bonds is 6. The van der Waals surface area contributed by atoms with E-state index in [2.05, 4.69) is 13.0 Å². The molecule has 1 aliphatic heterocycles. The molecule has 3 rings (SSSR count). The average Bonchev–Trinajstić information content (AvgIpc) is 2.68. The second-order valence-corrected chi connectivity index (χ2v) is 8.96. The Kier molecular flexibility index (Phi) is 8.14. The maximum Gasteiger partial charge on any atom is 0.160 e. The normalized spacial score (nSPS) is 40.4. The highest BCUT2D eigenvalue weighted by molar-refractivity contribution is 6.25. The molecule has 0 spiro atoms. The molecule has 1 heterocycles. The van der Waals surface area contributed by atoms with E-state index in [-0.39, 0.29) is 6.29 Å². The third-order valence-electron chi connectivity index (χ3n) is 6.99. The number of halogens is 1. The highest BCUT2D eigenvalue weighted by atomic mass is 35.5. The fraction of sp³-hybridized carbons (Fsp3) is 0.909. The van der Waals surface area contributed by atoms with Gasteiger partial charge in [0.2, 0.25) is 0 Å². The lowest BCUT2D eigenvalue weighted by Gasteiger charge is -2.40. The van der Waals surface area contributed by atoms with Crippen molar-refractivity contribution in [3.8, 4) is 0 Å². The summed E-state index contributed by atoms with van der Waals surface area (Å²) in [6, 6.07) is 0. The molecule has 0 radical (unpaired) electrons. The van der Waals surface area contributed by atoms with E-state index < -0.39 is 0 Å². The average molecular weight is 369 g/mol. The molecular formula is C22H37ClO2. The first-order valence-electron chi connectivity index (χ1n) is 10.8. The number of allylic oxidation sites excluding steroid dienone is 1. The van der Waals surface area contributed by atoms with Gasteiger partial charge in [-0.25, -0.2) is 0 Å². The molecule has 0 amide bonds. The van der Waals surface area contributed by atoms with E-state index in [1.807, 2.05) is 0 Å². The largest absolute Gasteiger partial charge is 0.352 e. The minimum atomic E-state index is 0.0865. The van der Waals surface area contributed by atoms with Crippen molar-refractivity contribution in [3.05, 3.63) is 11.6 Å². The van der Waals surface area contributed by atoms with E-state index in [4.69, 9.17) is 21.1 Å². The van der Waals surface area contributed by atoms with Crippen LogP contribution >= 0.6 is 11.6 Å². The maximum absolute atomic E-state index is 6.11. The molecule has 0 aromatic rings. The maximum atomic E-state index is 6.11. The summed E-state index contributed by atoms with van der Waals surface area (Å²) in [6.07, 6.45) is 17.0. The van der Waals surface area contributed by atoms with Crippen molar-refractivity contribution < 1.29 is 9.47 Å². The fourth-order valence-corrected chi connectivity index (χ4v) is 5.50. The molecule has 0 atom stereocenters. The van der Waals surface area contributed by atoms with Gasteiger partial charge in [0.05, 0.1) is 13.2 Å². The van der Waals surface area contributed by atoms with Crippen LogP contribution in [0, 0.1) is 29.6 Å². The van der Waals surface area contributed by atoms with Crippen LogP contribution in [0.4, 0.5) is 0 Å². The quantitative estimate of drug-likeness (QED) is 0.530. The van der Waals surface area contributed by atoms with E-state index in [1.165, 1.54) is 70.6 Å². The van der Waals surface area contributed by atoms with E-state index in [0.29, 0.717) is 11.8 Å². The van der Waals surface area contributed by atoms with Crippen LogP contribution in [0.25, 0.3) is 0 Å². The van der Waals surface area contributed by atoms with Crippen molar-refractivity contribution >= 4 is 11.6 Å². The molecule has 3 heteroatoms. The van der Waals surface area contributed by atoms with Gasteiger partial charge in [-0.2, -0.15) is 0 Å². The summed E-state index contributed by atoms with van der Waals surface area (Å²) < 4.78 is 12.2. The van der Waals surface area contributed by atoms with Crippen molar-refractivity contribution in [3.63, 3.8) is 0 Å². The second kappa shape index (κ2) is 10.3. The Morgan fingerprint density at radius 1 is 0.840 bits per heavy atom. The number of hydrogen-bond acceptors (Lipinski definition) is 2. The zero-order valence-corrected chi connectivity index (χ0v) is 16.8. The minimum absolute atomic E-state index is 0.0865. The van der Waals surface area contributed by atoms with Crippen molar-refractivity contribution in [1.29, 1.82) is 0 Å². The van der Waals surface area contributed by atoms with Crippen LogP contribution in [-0.2, 0) is 9.47 Å². The van der Waals surface area contributed by atoms with Gasteiger partial charge in [0.15, 0.2) is 6.29 Å². The number of ether oxygens (including phenoxy) is 2. The van der Waals surface area contributed by atoms with Crippen LogP contribution in [-0.4, -0.2) is 19.5 Å². The predicted molar refractivity (Wildman–Crippen MR) is 105 cm³/mol. The third kappa shape index (κ3) is 5.71. The van der Waals surface area contributed by atoms with Gasteiger partial charge in [-0.3, -0.25) is 0 Å². The molecule has 3 fully saturated rings. The number of hydrogen-bond donors (Lipinski definition) is 0. The molecule has 0 bridgehead atoms. The summed E-state index contributed by atoms with van der Waals surface area (Å²) >= 11 is 5.74. The van der Waals surface area contributed by atoms with Crippen LogP contribution in [0.3, 0.4) is 0 Å². The summed E-state index contributed by atoms with van der Waals surface area (Å²) in [5, 5.41) is 0. The van der Waals surface area contributed by atoms with E-state index in [1.54, 1.807) is 5.54 Å². The first-order valence-corrected chi connectivity index (χ1v) is 11.2. The summed E-state index contributed by atoms with van der Waals surface area (Å²) in [5.74, 6) is 3.89. The summed E-state index contributed by atoms with van der Waals surface area (Å²) in [7, 11) is 0. The molecule has 0 unspecified atom stereocenters. The molecule has 0 aromatic carbocycles. The Bertz CT molecular complexity index is 387. The molecule has 2 nitrogen and oxygen atoms in total. The van der Waals surface area contributed by atoms with Gasteiger partial charge >= 0.3 is 0 Å². The Labute approximate surface area is 159 Å². The molecule has 1 saturated heterocycles. The lowest BCUT2D eigenvalue weighted by atomic mass is 9.69. The predicted octanol–water partition coefficient (Wildman–Crippen LogP) is 6.53. The van der Waals surface area contributed by atoms with E-state index in [9.17, 15) is 0 Å². The lowest BCUT2D eigenvalue weighted by molar-refractivity contribution is -0.230. The molecule has 25 heavy (non-hydrogen) atoms. The Morgan fingerprint density at radius 3 is 1.96 bits per heavy atom. The Morgan fingerprint density at radius 2 is 1.40 bits per heavy atom. The van der Waals surface area contributed by atoms with Gasteiger partial charge in [0, 0.05) is 17.4 Å². The molecule has 0 aromatic heterocycles. The van der Waals surface area contributed by atoms with Crippen LogP contribution in [0.2, 0.25) is 0 Å². The van der Waals surface area contributed by atoms with E-state index in [0.717, 1.165) is 31.0 Å². The smallest absolute Gasteiger partial charge is 0.160 e. The zero-order valence-electron chi connectivity index (χ0n) is 16.0. The molecule has 0 N–H and O–H groups in total. The summed E-state index contributed by atoms with van der Waals surface area (Å²) in [5.41, 5.74) is 1.72. The molecule has 144 valence electrons. The van der Waals surface area contributed by atoms with Gasteiger partial charge in [-0.05, 0) is 75.5 Å². The van der Waals surface area contributed by atoms with Crippen molar-refractivity contribution in [2.24, 2.45) is 29.6 Å². The van der Waals surface area contributed by atoms with Gasteiger partial charge < -0.3 is 9.47 Å². The van der Waals surface area contributed by atoms with Gasteiger partial charge in [0.25, 0.3) is 0 Å². The topological polar surface area (TPSA) is 18.5 Å². The second-order valence-electron chi connectivity index (χ2n) is 8.71. The highest BCUT2D eigenvalue weighted by Gasteiger charge is 2.35. The molecule has 3 aliphatic rings. The molecular weight excluding hydrogens is 332 g/mol. The Hall–Kier alpha value is -0.0500. The first-order chi connectivity index (χ1) is 12.3. The van der Waals surface area contributed by atoms with Crippen LogP contribution in [0.1, 0.15) is 77.6 Å². The number of unbranched alkanes of at least 4 members (excludes halogenated alkanes) is 1. The lowest BCUT2D eigenvalue weighted by Crippen LogP contribution is -2.39. The SMILES string of the molecule is CCCC[C@H]1CO[C@H](C2CCC([C@H]3CC[C@H](/C=C/Cl)CC3)CC2)OC1. The van der Waals surface area contributed by atoms with Crippen LogP contribution < -0.4 is 0 Å². The molecule has 2 aliphatic carbocycles. The zero-order chi connectivity index (χ0) is 17.5. The van der Waals surface area contributed by atoms with Crippen molar-refractivity contribution in [2.45, 2.75) is 83.8 Å². The first kappa shape index (κ1) is 19.7. The van der Waals surface area contributed by atoms with Crippen molar-refractivity contribution in [2.75, 3.05) is 13.2 Å². The van der Waals surface area contributed by atoms with Gasteiger partial charge in [-0.1, -0.05) is 37.4 Å². The van der Waals surface area contributed by atoms with Crippen molar-refractivity contribution in [1.82, 2.24) is 0 Å². The molecule has 2 saturated carbocycles. The summed E-state index contributed by atoms with van der Waals surface area (Å²) in [4.78, 5) is 0. The van der Waals surface area contributed by atoms with E-state index >= 15 is 0 Å². The Balaban J connectivity index is 1.35. The third-order valence-corrected chi connectivity index (χ3v) is 7.13. The van der Waals surface area contributed by atoms with Gasteiger partial charge in [0.1, 0.15) is 0 Å².